The Kier molecular flexibility index (Phi) is 3.70. The van der Waals surface area contributed by atoms with Gasteiger partial charge in [-0.1, -0.05) is 34.1 Å². The topological polar surface area (TPSA) is 64.4 Å². The van der Waals surface area contributed by atoms with Gasteiger partial charge in [-0.3, -0.25) is 4.79 Å². The summed E-state index contributed by atoms with van der Waals surface area (Å²) in [5.74, 6) is 0.699. The Morgan fingerprint density at radius 1 is 1.56 bits per heavy atom. The molecule has 2 fully saturated rings. The van der Waals surface area contributed by atoms with Crippen LogP contribution in [0.1, 0.15) is 40.5 Å². The van der Waals surface area contributed by atoms with Crippen molar-refractivity contribution in [3.63, 3.8) is 0 Å². The van der Waals surface area contributed by atoms with Crippen LogP contribution in [0.3, 0.4) is 0 Å². The zero-order chi connectivity index (χ0) is 13.5. The molecule has 0 aromatic heterocycles. The third-order valence-electron chi connectivity index (χ3n) is 4.96. The molecular formula is C14H26N2O2. The van der Waals surface area contributed by atoms with Gasteiger partial charge in [0, 0.05) is 24.0 Å². The second-order valence-electron chi connectivity index (χ2n) is 6.46. The normalized spacial score (nSPS) is 36.4. The first-order chi connectivity index (χ1) is 8.39. The molecule has 104 valence electrons. The summed E-state index contributed by atoms with van der Waals surface area (Å²) in [7, 11) is 0. The number of carbonyl (C=O) groups is 1. The lowest BCUT2D eigenvalue weighted by molar-refractivity contribution is -0.139. The van der Waals surface area contributed by atoms with Gasteiger partial charge in [0.1, 0.15) is 0 Å². The molecule has 5 unspecified atom stereocenters. The minimum Gasteiger partial charge on any atom is -0.377 e. The number of nitrogens with one attached hydrogen (secondary N) is 1. The van der Waals surface area contributed by atoms with E-state index in [-0.39, 0.29) is 23.3 Å². The first kappa shape index (κ1) is 13.8. The number of fused-ring (bicyclic) bond motifs is 1. The molecule has 4 nitrogen and oxygen atoms in total. The molecule has 1 saturated heterocycles. The predicted octanol–water partition coefficient (Wildman–Crippen LogP) is 1.29. The molecule has 3 N–H and O–H groups in total. The standard InChI is InChI=1S/C14H26N2O2/c1-5-8(2)10(15)13(17)16-11-9-6-7-18-12(9)14(11,3)4/h8-12H,5-7,15H2,1-4H3,(H,16,17). The molecule has 0 aromatic carbocycles. The van der Waals surface area contributed by atoms with E-state index >= 15 is 0 Å². The summed E-state index contributed by atoms with van der Waals surface area (Å²) >= 11 is 0. The highest BCUT2D eigenvalue weighted by Crippen LogP contribution is 2.52. The molecule has 4 heteroatoms. The van der Waals surface area contributed by atoms with Gasteiger partial charge in [-0.15, -0.1) is 0 Å². The van der Waals surface area contributed by atoms with Crippen molar-refractivity contribution in [1.82, 2.24) is 5.32 Å². The van der Waals surface area contributed by atoms with Crippen molar-refractivity contribution in [2.75, 3.05) is 6.61 Å². The van der Waals surface area contributed by atoms with Crippen molar-refractivity contribution in [3.05, 3.63) is 0 Å². The highest BCUT2D eigenvalue weighted by atomic mass is 16.5. The molecule has 0 spiro atoms. The molecule has 1 heterocycles. The van der Waals surface area contributed by atoms with E-state index in [0.29, 0.717) is 12.0 Å². The van der Waals surface area contributed by atoms with Gasteiger partial charge < -0.3 is 15.8 Å². The summed E-state index contributed by atoms with van der Waals surface area (Å²) in [6.07, 6.45) is 2.29. The Morgan fingerprint density at radius 2 is 2.22 bits per heavy atom. The zero-order valence-electron chi connectivity index (χ0n) is 11.9. The number of nitrogens with two attached hydrogens (primary N) is 1. The predicted molar refractivity (Wildman–Crippen MR) is 71.0 cm³/mol. The highest BCUT2D eigenvalue weighted by Gasteiger charge is 2.59. The van der Waals surface area contributed by atoms with Crippen LogP contribution in [-0.4, -0.2) is 30.7 Å². The maximum absolute atomic E-state index is 12.1. The fraction of sp³-hybridized carbons (Fsp3) is 0.929. The lowest BCUT2D eigenvalue weighted by Crippen LogP contribution is -2.68. The Morgan fingerprint density at radius 3 is 2.83 bits per heavy atom. The van der Waals surface area contributed by atoms with Crippen LogP contribution in [0.4, 0.5) is 0 Å². The summed E-state index contributed by atoms with van der Waals surface area (Å²) < 4.78 is 5.73. The Hall–Kier alpha value is -0.610. The van der Waals surface area contributed by atoms with Gasteiger partial charge in [0.25, 0.3) is 0 Å². The SMILES string of the molecule is CCC(C)C(N)C(=O)NC1C2CCOC2C1(C)C. The quantitative estimate of drug-likeness (QED) is 0.794. The van der Waals surface area contributed by atoms with E-state index in [4.69, 9.17) is 10.5 Å². The van der Waals surface area contributed by atoms with Crippen molar-refractivity contribution in [1.29, 1.82) is 0 Å². The summed E-state index contributed by atoms with van der Waals surface area (Å²) in [6, 6.07) is -0.181. The van der Waals surface area contributed by atoms with Crippen molar-refractivity contribution in [2.45, 2.75) is 58.7 Å². The second kappa shape index (κ2) is 4.82. The molecule has 1 amide bonds. The smallest absolute Gasteiger partial charge is 0.237 e. The Bertz CT molecular complexity index is 330. The molecule has 1 saturated carbocycles. The molecule has 2 aliphatic rings. The summed E-state index contributed by atoms with van der Waals surface area (Å²) in [5, 5.41) is 3.15. The van der Waals surface area contributed by atoms with Gasteiger partial charge in [-0.05, 0) is 12.3 Å². The monoisotopic (exact) mass is 254 g/mol. The lowest BCUT2D eigenvalue weighted by Gasteiger charge is -2.54. The molecule has 2 rings (SSSR count). The first-order valence-corrected chi connectivity index (χ1v) is 7.07. The first-order valence-electron chi connectivity index (χ1n) is 7.07. The maximum atomic E-state index is 12.1. The number of hydrogen-bond acceptors (Lipinski definition) is 3. The highest BCUT2D eigenvalue weighted by molar-refractivity contribution is 5.82. The second-order valence-corrected chi connectivity index (χ2v) is 6.46. The van der Waals surface area contributed by atoms with E-state index in [1.54, 1.807) is 0 Å². The van der Waals surface area contributed by atoms with E-state index < -0.39 is 6.04 Å². The van der Waals surface area contributed by atoms with Crippen LogP contribution in [0, 0.1) is 17.3 Å². The van der Waals surface area contributed by atoms with Crippen molar-refractivity contribution < 1.29 is 9.53 Å². The van der Waals surface area contributed by atoms with E-state index in [0.717, 1.165) is 19.4 Å². The Balaban J connectivity index is 1.95. The molecule has 5 atom stereocenters. The van der Waals surface area contributed by atoms with Crippen molar-refractivity contribution in [2.24, 2.45) is 23.0 Å². The van der Waals surface area contributed by atoms with Crippen LogP contribution in [0.2, 0.25) is 0 Å². The fourth-order valence-electron chi connectivity index (χ4n) is 3.38. The van der Waals surface area contributed by atoms with E-state index in [1.165, 1.54) is 0 Å². The van der Waals surface area contributed by atoms with Crippen molar-refractivity contribution in [3.8, 4) is 0 Å². The molecule has 0 radical (unpaired) electrons. The molecule has 0 bridgehead atoms. The molecule has 1 aliphatic heterocycles. The summed E-state index contributed by atoms with van der Waals surface area (Å²) in [6.45, 7) is 9.24. The van der Waals surface area contributed by atoms with Gasteiger partial charge in [-0.2, -0.15) is 0 Å². The number of amides is 1. The van der Waals surface area contributed by atoms with Gasteiger partial charge in [-0.25, -0.2) is 0 Å². The molecular weight excluding hydrogens is 228 g/mol. The molecule has 1 aliphatic carbocycles. The zero-order valence-corrected chi connectivity index (χ0v) is 11.9. The number of ether oxygens (including phenoxy) is 1. The fourth-order valence-corrected chi connectivity index (χ4v) is 3.38. The van der Waals surface area contributed by atoms with Gasteiger partial charge in [0.05, 0.1) is 12.1 Å². The average Bonchev–Trinajstić information content (AvgIpc) is 2.80. The lowest BCUT2D eigenvalue weighted by atomic mass is 9.57. The largest absolute Gasteiger partial charge is 0.377 e. The van der Waals surface area contributed by atoms with Crippen LogP contribution < -0.4 is 11.1 Å². The number of hydrogen-bond donors (Lipinski definition) is 2. The Labute approximate surface area is 110 Å². The van der Waals surface area contributed by atoms with E-state index in [2.05, 4.69) is 26.1 Å². The van der Waals surface area contributed by atoms with Gasteiger partial charge in [0.15, 0.2) is 0 Å². The number of rotatable bonds is 4. The van der Waals surface area contributed by atoms with Crippen molar-refractivity contribution >= 4 is 5.91 Å². The minimum absolute atomic E-state index is 0.00669. The summed E-state index contributed by atoms with van der Waals surface area (Å²) in [5.41, 5.74) is 6.01. The minimum atomic E-state index is -0.396. The third kappa shape index (κ3) is 2.05. The molecule has 0 aromatic rings. The maximum Gasteiger partial charge on any atom is 0.237 e. The molecule has 18 heavy (non-hydrogen) atoms. The third-order valence-corrected chi connectivity index (χ3v) is 4.96. The van der Waals surface area contributed by atoms with Crippen LogP contribution in [0.5, 0.6) is 0 Å². The van der Waals surface area contributed by atoms with Gasteiger partial charge >= 0.3 is 0 Å². The van der Waals surface area contributed by atoms with E-state index in [9.17, 15) is 4.79 Å². The number of carbonyl (C=O) groups excluding carboxylic acids is 1. The summed E-state index contributed by atoms with van der Waals surface area (Å²) in [4.78, 5) is 12.1. The van der Waals surface area contributed by atoms with Crippen LogP contribution in [0.25, 0.3) is 0 Å². The van der Waals surface area contributed by atoms with E-state index in [1.807, 2.05) is 6.92 Å². The van der Waals surface area contributed by atoms with Gasteiger partial charge in [0.2, 0.25) is 5.91 Å². The average molecular weight is 254 g/mol. The van der Waals surface area contributed by atoms with Crippen LogP contribution in [-0.2, 0) is 9.53 Å². The van der Waals surface area contributed by atoms with Crippen LogP contribution in [0.15, 0.2) is 0 Å². The van der Waals surface area contributed by atoms with Crippen LogP contribution >= 0.6 is 0 Å².